The lowest BCUT2D eigenvalue weighted by Gasteiger charge is -2.09. The zero-order chi connectivity index (χ0) is 22.0. The number of hydrogen-bond acceptors (Lipinski definition) is 4. The van der Waals surface area contributed by atoms with Crippen molar-refractivity contribution in [3.05, 3.63) is 92.9 Å². The van der Waals surface area contributed by atoms with Gasteiger partial charge in [-0.05, 0) is 43.7 Å². The van der Waals surface area contributed by atoms with Crippen LogP contribution in [0.15, 0.2) is 59.7 Å². The molecule has 31 heavy (non-hydrogen) atoms. The van der Waals surface area contributed by atoms with Crippen LogP contribution in [0.4, 0.5) is 0 Å². The number of carbonyl (C=O) groups is 1. The first kappa shape index (κ1) is 20.8. The van der Waals surface area contributed by atoms with Crippen molar-refractivity contribution in [2.45, 2.75) is 33.5 Å². The van der Waals surface area contributed by atoms with E-state index in [0.717, 1.165) is 28.0 Å². The summed E-state index contributed by atoms with van der Waals surface area (Å²) in [4.78, 5) is 29.6. The second kappa shape index (κ2) is 8.73. The summed E-state index contributed by atoms with van der Waals surface area (Å²) in [6, 6.07) is 13.1. The van der Waals surface area contributed by atoms with Crippen molar-refractivity contribution < 1.29 is 4.79 Å². The van der Waals surface area contributed by atoms with Crippen molar-refractivity contribution in [2.75, 3.05) is 0 Å². The third kappa shape index (κ3) is 4.36. The highest BCUT2D eigenvalue weighted by Gasteiger charge is 2.17. The average Bonchev–Trinajstić information content (AvgIpc) is 3.00. The number of carbonyl (C=O) groups excluding carboxylic acids is 1. The van der Waals surface area contributed by atoms with Gasteiger partial charge in [0.1, 0.15) is 6.54 Å². The summed E-state index contributed by atoms with van der Waals surface area (Å²) in [5.41, 5.74) is 3.29. The number of pyridine rings is 1. The predicted octanol–water partition coefficient (Wildman–Crippen LogP) is 3.23. The molecule has 0 aliphatic rings. The Labute approximate surface area is 184 Å². The topological polar surface area (TPSA) is 81.8 Å². The van der Waals surface area contributed by atoms with E-state index in [2.05, 4.69) is 20.0 Å². The zero-order valence-electron chi connectivity index (χ0n) is 17.3. The molecule has 0 aliphatic heterocycles. The Morgan fingerprint density at radius 1 is 1.13 bits per heavy atom. The summed E-state index contributed by atoms with van der Waals surface area (Å²) < 4.78 is 3.27. The van der Waals surface area contributed by atoms with Gasteiger partial charge in [0.05, 0.1) is 23.8 Å². The van der Waals surface area contributed by atoms with E-state index in [9.17, 15) is 9.59 Å². The second-order valence-electron chi connectivity index (χ2n) is 7.38. The number of benzene rings is 1. The lowest BCUT2D eigenvalue weighted by molar-refractivity contribution is -0.122. The molecule has 0 saturated heterocycles. The molecular formula is C23H22ClN5O2. The zero-order valence-corrected chi connectivity index (χ0v) is 18.1. The number of hydrogen-bond donors (Lipinski definition) is 1. The van der Waals surface area contributed by atoms with Gasteiger partial charge in [0.2, 0.25) is 5.91 Å². The van der Waals surface area contributed by atoms with Gasteiger partial charge < -0.3 is 9.88 Å². The third-order valence-corrected chi connectivity index (χ3v) is 5.56. The molecule has 3 aromatic heterocycles. The predicted molar refractivity (Wildman–Crippen MR) is 120 cm³/mol. The maximum Gasteiger partial charge on any atom is 0.276 e. The van der Waals surface area contributed by atoms with Crippen LogP contribution in [0.5, 0.6) is 0 Å². The van der Waals surface area contributed by atoms with Gasteiger partial charge in [-0.15, -0.1) is 0 Å². The van der Waals surface area contributed by atoms with E-state index < -0.39 is 0 Å². The van der Waals surface area contributed by atoms with Crippen LogP contribution < -0.4 is 10.9 Å². The molecule has 1 N–H and O–H groups in total. The summed E-state index contributed by atoms with van der Waals surface area (Å²) in [6.07, 6.45) is 3.32. The number of rotatable bonds is 6. The molecule has 4 rings (SSSR count). The van der Waals surface area contributed by atoms with Gasteiger partial charge in [0.25, 0.3) is 5.56 Å². The first-order valence-electron chi connectivity index (χ1n) is 9.90. The molecule has 1 aromatic carbocycles. The van der Waals surface area contributed by atoms with Crippen molar-refractivity contribution in [3.63, 3.8) is 0 Å². The molecule has 0 atom stereocenters. The largest absolute Gasteiger partial charge is 0.349 e. The van der Waals surface area contributed by atoms with E-state index in [4.69, 9.17) is 11.6 Å². The maximum atomic E-state index is 13.1. The summed E-state index contributed by atoms with van der Waals surface area (Å²) >= 11 is 6.11. The molecule has 0 radical (unpaired) electrons. The molecular weight excluding hydrogens is 414 g/mol. The quantitative estimate of drug-likeness (QED) is 0.504. The number of amides is 1. The van der Waals surface area contributed by atoms with Gasteiger partial charge in [-0.3, -0.25) is 14.6 Å². The van der Waals surface area contributed by atoms with E-state index in [1.54, 1.807) is 12.4 Å². The third-order valence-electron chi connectivity index (χ3n) is 5.32. The van der Waals surface area contributed by atoms with E-state index in [1.807, 2.05) is 56.3 Å². The highest BCUT2D eigenvalue weighted by atomic mass is 35.5. The number of halogens is 1. The van der Waals surface area contributed by atoms with Crippen molar-refractivity contribution in [1.82, 2.24) is 24.6 Å². The minimum absolute atomic E-state index is 0.153. The van der Waals surface area contributed by atoms with Gasteiger partial charge in [-0.2, -0.15) is 5.10 Å². The molecule has 1 amide bonds. The van der Waals surface area contributed by atoms with Crippen LogP contribution in [-0.2, 0) is 24.4 Å². The van der Waals surface area contributed by atoms with Crippen molar-refractivity contribution >= 4 is 28.3 Å². The minimum atomic E-state index is -0.299. The highest BCUT2D eigenvalue weighted by Crippen LogP contribution is 2.23. The van der Waals surface area contributed by atoms with E-state index in [1.165, 1.54) is 4.68 Å². The molecule has 0 bridgehead atoms. The summed E-state index contributed by atoms with van der Waals surface area (Å²) in [7, 11) is 0. The fraction of sp³-hybridized carbons (Fsp3) is 0.217. The first-order chi connectivity index (χ1) is 14.9. The molecule has 0 spiro atoms. The van der Waals surface area contributed by atoms with Crippen LogP contribution in [-0.4, -0.2) is 25.2 Å². The Morgan fingerprint density at radius 2 is 1.97 bits per heavy atom. The van der Waals surface area contributed by atoms with Gasteiger partial charge in [0, 0.05) is 34.5 Å². The smallest absolute Gasteiger partial charge is 0.276 e. The Hall–Kier alpha value is -3.45. The van der Waals surface area contributed by atoms with Crippen molar-refractivity contribution in [1.29, 1.82) is 0 Å². The van der Waals surface area contributed by atoms with Crippen LogP contribution in [0.1, 0.15) is 22.6 Å². The maximum absolute atomic E-state index is 13.1. The van der Waals surface area contributed by atoms with Crippen LogP contribution in [0, 0.1) is 13.8 Å². The Bertz CT molecular complexity index is 1310. The number of nitrogens with zero attached hydrogens (tertiary/aromatic N) is 4. The number of fused-ring (bicyclic) bond motifs is 1. The molecule has 3 heterocycles. The van der Waals surface area contributed by atoms with Gasteiger partial charge in [-0.1, -0.05) is 29.8 Å². The Morgan fingerprint density at radius 3 is 2.71 bits per heavy atom. The van der Waals surface area contributed by atoms with Crippen LogP contribution >= 0.6 is 11.6 Å². The summed E-state index contributed by atoms with van der Waals surface area (Å²) in [5, 5.41) is 9.04. The average molecular weight is 436 g/mol. The lowest BCUT2D eigenvalue weighted by Crippen LogP contribution is -2.33. The van der Waals surface area contributed by atoms with Gasteiger partial charge in [-0.25, -0.2) is 4.68 Å². The summed E-state index contributed by atoms with van der Waals surface area (Å²) in [5.74, 6) is -0.299. The van der Waals surface area contributed by atoms with E-state index >= 15 is 0 Å². The molecule has 7 nitrogen and oxygen atoms in total. The fourth-order valence-electron chi connectivity index (χ4n) is 3.70. The van der Waals surface area contributed by atoms with Crippen LogP contribution in [0.2, 0.25) is 5.02 Å². The monoisotopic (exact) mass is 435 g/mol. The molecule has 0 unspecified atom stereocenters. The van der Waals surface area contributed by atoms with Crippen molar-refractivity contribution in [3.8, 4) is 0 Å². The van der Waals surface area contributed by atoms with Crippen molar-refractivity contribution in [2.24, 2.45) is 0 Å². The SMILES string of the molecule is Cc1c2cnn(CC(=O)NCc3ccccn3)c(=O)c2c(C)n1Cc1cccc(Cl)c1. The van der Waals surface area contributed by atoms with Gasteiger partial charge >= 0.3 is 0 Å². The Balaban J connectivity index is 1.59. The van der Waals surface area contributed by atoms with Gasteiger partial charge in [0.15, 0.2) is 0 Å². The standard InChI is InChI=1S/C23H22ClN5O2/c1-15-20-12-27-29(14-21(30)26-11-19-8-3-4-9-25-19)23(31)22(20)16(2)28(15)13-17-6-5-7-18(24)10-17/h3-10,12H,11,13-14H2,1-2H3,(H,26,30). The molecule has 158 valence electrons. The molecule has 0 aliphatic carbocycles. The summed E-state index contributed by atoms with van der Waals surface area (Å²) in [6.45, 7) is 4.61. The normalized spacial score (nSPS) is 11.1. The fourth-order valence-corrected chi connectivity index (χ4v) is 3.91. The number of aromatic nitrogens is 4. The Kier molecular flexibility index (Phi) is 5.86. The molecule has 4 aromatic rings. The highest BCUT2D eigenvalue weighted by molar-refractivity contribution is 6.30. The van der Waals surface area contributed by atoms with E-state index in [-0.39, 0.29) is 18.0 Å². The van der Waals surface area contributed by atoms with Crippen LogP contribution in [0.25, 0.3) is 10.8 Å². The first-order valence-corrected chi connectivity index (χ1v) is 10.3. The van der Waals surface area contributed by atoms with Crippen LogP contribution in [0.3, 0.4) is 0 Å². The second-order valence-corrected chi connectivity index (χ2v) is 7.82. The van der Waals surface area contributed by atoms with E-state index in [0.29, 0.717) is 23.5 Å². The number of aryl methyl sites for hydroxylation is 2. The molecule has 8 heteroatoms. The lowest BCUT2D eigenvalue weighted by atomic mass is 10.2. The molecule has 0 saturated carbocycles. The number of nitrogens with one attached hydrogen (secondary N) is 1. The molecule has 0 fully saturated rings. The minimum Gasteiger partial charge on any atom is -0.349 e.